The van der Waals surface area contributed by atoms with E-state index < -0.39 is 22.3 Å². The lowest BCUT2D eigenvalue weighted by molar-refractivity contribution is -0.386. The zero-order valence-corrected chi connectivity index (χ0v) is 17.2. The molecular formula is C17H20IN3O7. The summed E-state index contributed by atoms with van der Waals surface area (Å²) in [6, 6.07) is 4.76. The first-order valence-corrected chi connectivity index (χ1v) is 9.49. The number of aliphatic hydroxyl groups excluding tert-OH is 1. The fourth-order valence-electron chi connectivity index (χ4n) is 2.34. The van der Waals surface area contributed by atoms with Crippen LogP contribution in [0.15, 0.2) is 34.0 Å². The van der Waals surface area contributed by atoms with E-state index in [-0.39, 0.29) is 37.8 Å². The molecule has 0 amide bonds. The van der Waals surface area contributed by atoms with Crippen molar-refractivity contribution in [1.29, 1.82) is 0 Å². The number of nitrogens with zero attached hydrogens (tertiary/aromatic N) is 2. The highest BCUT2D eigenvalue weighted by Crippen LogP contribution is 2.22. The number of nitrogens with one attached hydrogen (secondary N) is 1. The fraction of sp³-hybridized carbons (Fsp3) is 0.412. The molecule has 2 N–H and O–H groups in total. The lowest BCUT2D eigenvalue weighted by atomic mass is 10.2. The summed E-state index contributed by atoms with van der Waals surface area (Å²) in [6.07, 6.45) is 1.47. The molecule has 0 unspecified atom stereocenters. The number of nitro groups is 1. The van der Waals surface area contributed by atoms with Gasteiger partial charge in [0.25, 0.3) is 11.2 Å². The number of H-pyrrole nitrogens is 1. The Hall–Kier alpha value is -2.09. The van der Waals surface area contributed by atoms with Crippen molar-refractivity contribution in [3.63, 3.8) is 0 Å². The number of halogens is 1. The van der Waals surface area contributed by atoms with Gasteiger partial charge in [0.2, 0.25) is 0 Å². The van der Waals surface area contributed by atoms with Gasteiger partial charge in [-0.25, -0.2) is 4.79 Å². The molecule has 0 fully saturated rings. The van der Waals surface area contributed by atoms with Gasteiger partial charge in [0.05, 0.1) is 42.0 Å². The van der Waals surface area contributed by atoms with Gasteiger partial charge < -0.3 is 14.6 Å². The van der Waals surface area contributed by atoms with Crippen molar-refractivity contribution >= 4 is 28.3 Å². The molecule has 1 heterocycles. The molecule has 1 atom stereocenters. The van der Waals surface area contributed by atoms with Gasteiger partial charge in [-0.05, 0) is 41.1 Å². The van der Waals surface area contributed by atoms with Crippen molar-refractivity contribution in [3.05, 3.63) is 70.0 Å². The zero-order chi connectivity index (χ0) is 20.7. The third-order valence-corrected chi connectivity index (χ3v) is 4.62. The second-order valence-electron chi connectivity index (χ2n) is 5.91. The molecule has 0 aliphatic carbocycles. The van der Waals surface area contributed by atoms with E-state index >= 15 is 0 Å². The highest BCUT2D eigenvalue weighted by Gasteiger charge is 2.15. The Kier molecular flexibility index (Phi) is 8.29. The number of nitro benzene ring substituents is 1. The van der Waals surface area contributed by atoms with E-state index in [1.54, 1.807) is 12.1 Å². The Morgan fingerprint density at radius 1 is 1.32 bits per heavy atom. The van der Waals surface area contributed by atoms with Crippen LogP contribution in [-0.2, 0) is 29.4 Å². The number of rotatable bonds is 10. The number of ether oxygens (including phenoxy) is 2. The smallest absolute Gasteiger partial charge is 0.330 e. The second kappa shape index (κ2) is 10.5. The minimum Gasteiger partial charge on any atom is -0.394 e. The molecule has 152 valence electrons. The number of benzene rings is 1. The molecule has 11 heteroatoms. The van der Waals surface area contributed by atoms with Gasteiger partial charge >= 0.3 is 5.69 Å². The van der Waals surface area contributed by atoms with Gasteiger partial charge in [0.15, 0.2) is 0 Å². The maximum absolute atomic E-state index is 12.0. The predicted octanol–water partition coefficient (Wildman–Crippen LogP) is 1.51. The summed E-state index contributed by atoms with van der Waals surface area (Å²) in [5.41, 5.74) is -0.753. The van der Waals surface area contributed by atoms with Gasteiger partial charge in [-0.2, -0.15) is 0 Å². The van der Waals surface area contributed by atoms with Gasteiger partial charge in [0, 0.05) is 15.8 Å². The highest BCUT2D eigenvalue weighted by atomic mass is 127. The summed E-state index contributed by atoms with van der Waals surface area (Å²) in [4.78, 5) is 36.7. The van der Waals surface area contributed by atoms with Crippen molar-refractivity contribution in [1.82, 2.24) is 9.55 Å². The normalized spacial score (nSPS) is 12.1. The molecule has 0 radical (unpaired) electrons. The average molecular weight is 505 g/mol. The molecular weight excluding hydrogens is 485 g/mol. The van der Waals surface area contributed by atoms with Crippen LogP contribution in [0.1, 0.15) is 24.5 Å². The lowest BCUT2D eigenvalue weighted by Crippen LogP contribution is -2.33. The van der Waals surface area contributed by atoms with Gasteiger partial charge in [-0.15, -0.1) is 0 Å². The predicted molar refractivity (Wildman–Crippen MR) is 108 cm³/mol. The molecule has 2 rings (SSSR count). The van der Waals surface area contributed by atoms with Gasteiger partial charge in [-0.1, -0.05) is 6.92 Å². The van der Waals surface area contributed by atoms with Crippen LogP contribution >= 0.6 is 22.6 Å². The molecule has 28 heavy (non-hydrogen) atoms. The van der Waals surface area contributed by atoms with Crippen molar-refractivity contribution in [2.24, 2.45) is 0 Å². The number of hydrogen-bond acceptors (Lipinski definition) is 7. The lowest BCUT2D eigenvalue weighted by Gasteiger charge is -2.14. The summed E-state index contributed by atoms with van der Waals surface area (Å²) in [7, 11) is 0. The zero-order valence-electron chi connectivity index (χ0n) is 15.1. The third kappa shape index (κ3) is 5.95. The van der Waals surface area contributed by atoms with E-state index in [4.69, 9.17) is 14.6 Å². The van der Waals surface area contributed by atoms with Crippen LogP contribution in [0.25, 0.3) is 0 Å². The molecule has 10 nitrogen and oxygen atoms in total. The molecule has 2 aromatic rings. The molecule has 0 aliphatic rings. The van der Waals surface area contributed by atoms with Crippen LogP contribution in [0.2, 0.25) is 0 Å². The first-order chi connectivity index (χ1) is 13.3. The summed E-state index contributed by atoms with van der Waals surface area (Å²) in [5.74, 6) is 0. The van der Waals surface area contributed by atoms with E-state index in [0.717, 1.165) is 8.14 Å². The van der Waals surface area contributed by atoms with E-state index in [1.807, 2.05) is 29.5 Å². The Morgan fingerprint density at radius 3 is 2.68 bits per heavy atom. The Labute approximate surface area is 173 Å². The topological polar surface area (TPSA) is 137 Å². The summed E-state index contributed by atoms with van der Waals surface area (Å²) >= 11 is 1.98. The number of aromatic nitrogens is 2. The summed E-state index contributed by atoms with van der Waals surface area (Å²) in [5, 5.41) is 20.3. The standard InChI is InChI=1S/C17H20IN3O7/c1-2-14(7-22)28-10-20-6-12(16(23)19-17(20)24)9-27-8-11-3-4-13(18)5-15(11)21(25)26/h3-6,14,22H,2,7-10H2,1H3,(H,19,23,24)/t14-/m0/s1. The Balaban J connectivity index is 2.08. The number of aromatic amines is 1. The third-order valence-electron chi connectivity index (χ3n) is 3.95. The molecule has 0 bridgehead atoms. The van der Waals surface area contributed by atoms with Crippen LogP contribution in [-0.4, -0.2) is 32.3 Å². The monoisotopic (exact) mass is 505 g/mol. The van der Waals surface area contributed by atoms with E-state index in [0.29, 0.717) is 12.0 Å². The van der Waals surface area contributed by atoms with Gasteiger partial charge in [-0.3, -0.25) is 24.5 Å². The van der Waals surface area contributed by atoms with Crippen LogP contribution in [0, 0.1) is 13.7 Å². The summed E-state index contributed by atoms with van der Waals surface area (Å²) in [6.45, 7) is 1.31. The maximum Gasteiger partial charge on any atom is 0.330 e. The van der Waals surface area contributed by atoms with Crippen molar-refractivity contribution in [2.75, 3.05) is 6.61 Å². The number of aliphatic hydroxyl groups is 1. The van der Waals surface area contributed by atoms with Crippen LogP contribution in [0.5, 0.6) is 0 Å². The largest absolute Gasteiger partial charge is 0.394 e. The second-order valence-corrected chi connectivity index (χ2v) is 7.16. The highest BCUT2D eigenvalue weighted by molar-refractivity contribution is 14.1. The van der Waals surface area contributed by atoms with E-state index in [1.165, 1.54) is 12.3 Å². The molecule has 0 saturated heterocycles. The first-order valence-electron chi connectivity index (χ1n) is 8.41. The van der Waals surface area contributed by atoms with Crippen molar-refractivity contribution in [2.45, 2.75) is 39.4 Å². The molecule has 0 aliphatic heterocycles. The maximum atomic E-state index is 12.0. The minimum absolute atomic E-state index is 0.0613. The van der Waals surface area contributed by atoms with Crippen LogP contribution < -0.4 is 11.2 Å². The molecule has 0 spiro atoms. The van der Waals surface area contributed by atoms with Crippen molar-refractivity contribution < 1.29 is 19.5 Å². The Bertz CT molecular complexity index is 937. The summed E-state index contributed by atoms with van der Waals surface area (Å²) < 4.78 is 12.7. The molecule has 1 aromatic heterocycles. The average Bonchev–Trinajstić information content (AvgIpc) is 2.66. The number of hydrogen-bond donors (Lipinski definition) is 2. The Morgan fingerprint density at radius 2 is 2.04 bits per heavy atom. The van der Waals surface area contributed by atoms with E-state index in [2.05, 4.69) is 4.98 Å². The van der Waals surface area contributed by atoms with Crippen molar-refractivity contribution in [3.8, 4) is 0 Å². The fourth-order valence-corrected chi connectivity index (χ4v) is 2.81. The first kappa shape index (κ1) is 22.2. The molecule has 0 saturated carbocycles. The van der Waals surface area contributed by atoms with Gasteiger partial charge in [0.1, 0.15) is 6.73 Å². The van der Waals surface area contributed by atoms with E-state index in [9.17, 15) is 19.7 Å². The van der Waals surface area contributed by atoms with Crippen LogP contribution in [0.4, 0.5) is 5.69 Å². The van der Waals surface area contributed by atoms with Crippen LogP contribution in [0.3, 0.4) is 0 Å². The quantitative estimate of drug-likeness (QED) is 0.284. The SMILES string of the molecule is CC[C@@H](CO)OCn1cc(COCc2ccc(I)cc2[N+](=O)[O-])c(=O)[nH]c1=O. The molecule has 1 aromatic carbocycles. The minimum atomic E-state index is -0.644.